The molecular weight excluding hydrogens is 506 g/mol. The maximum atomic E-state index is 14.3. The summed E-state index contributed by atoms with van der Waals surface area (Å²) in [5, 5.41) is 14.2. The molecule has 1 heterocycles. The molecular formula is C32H35N3O5. The number of fused-ring (bicyclic) bond motifs is 1. The SMILES string of the molecule is COc1cc(OC)cc(N(C(=O)Cc2c[nH]c3ccccc23)[C@H](C(=O)NC2CCCCC2)c2ccc(O)cc2)c1. The fourth-order valence-electron chi connectivity index (χ4n) is 5.50. The third-order valence-corrected chi connectivity index (χ3v) is 7.57. The van der Waals surface area contributed by atoms with Gasteiger partial charge in [0, 0.05) is 41.3 Å². The van der Waals surface area contributed by atoms with Gasteiger partial charge in [0.05, 0.1) is 26.3 Å². The molecule has 1 aromatic heterocycles. The summed E-state index contributed by atoms with van der Waals surface area (Å²) < 4.78 is 11.0. The monoisotopic (exact) mass is 541 g/mol. The van der Waals surface area contributed by atoms with Crippen LogP contribution < -0.4 is 19.7 Å². The van der Waals surface area contributed by atoms with E-state index in [2.05, 4.69) is 10.3 Å². The molecule has 208 valence electrons. The Bertz CT molecular complexity index is 1450. The first kappa shape index (κ1) is 27.1. The van der Waals surface area contributed by atoms with Crippen molar-refractivity contribution in [1.29, 1.82) is 0 Å². The highest BCUT2D eigenvalue weighted by molar-refractivity contribution is 6.03. The standard InChI is InChI=1S/C32H35N3O5/c1-39-26-17-24(18-27(19-26)40-2)35(30(37)16-22-20-33-29-11-7-6-10-28(22)29)31(21-12-14-25(36)15-13-21)32(38)34-23-8-4-3-5-9-23/h6-7,10-15,17-20,23,31,33,36H,3-5,8-9,16H2,1-2H3,(H,34,38)/t31-/m0/s1. The second-order valence-corrected chi connectivity index (χ2v) is 10.2. The van der Waals surface area contributed by atoms with Crippen LogP contribution in [-0.2, 0) is 16.0 Å². The number of nitrogens with one attached hydrogen (secondary N) is 2. The third-order valence-electron chi connectivity index (χ3n) is 7.57. The van der Waals surface area contributed by atoms with Crippen molar-refractivity contribution >= 4 is 28.4 Å². The molecule has 0 aliphatic heterocycles. The Morgan fingerprint density at radius 1 is 0.975 bits per heavy atom. The van der Waals surface area contributed by atoms with Gasteiger partial charge < -0.3 is 24.9 Å². The number of ether oxygens (including phenoxy) is 2. The molecule has 3 aromatic carbocycles. The topological polar surface area (TPSA) is 104 Å². The summed E-state index contributed by atoms with van der Waals surface area (Å²) in [5.41, 5.74) is 2.82. The van der Waals surface area contributed by atoms with Gasteiger partial charge in [-0.25, -0.2) is 0 Å². The Labute approximate surface area is 233 Å². The predicted octanol–water partition coefficient (Wildman–Crippen LogP) is 5.66. The second-order valence-electron chi connectivity index (χ2n) is 10.2. The molecule has 40 heavy (non-hydrogen) atoms. The zero-order valence-electron chi connectivity index (χ0n) is 22.9. The van der Waals surface area contributed by atoms with Gasteiger partial charge in [-0.15, -0.1) is 0 Å². The number of carbonyl (C=O) groups is 2. The van der Waals surface area contributed by atoms with Crippen LogP contribution in [0.5, 0.6) is 17.2 Å². The summed E-state index contributed by atoms with van der Waals surface area (Å²) in [6.45, 7) is 0. The van der Waals surface area contributed by atoms with Crippen LogP contribution in [0.25, 0.3) is 10.9 Å². The van der Waals surface area contributed by atoms with Crippen LogP contribution in [0, 0.1) is 0 Å². The van der Waals surface area contributed by atoms with Crippen LogP contribution in [0.2, 0.25) is 0 Å². The van der Waals surface area contributed by atoms with Crippen molar-refractivity contribution in [3.63, 3.8) is 0 Å². The molecule has 8 heteroatoms. The molecule has 2 amide bonds. The molecule has 1 aliphatic rings. The van der Waals surface area contributed by atoms with Crippen LogP contribution in [-0.4, -0.2) is 42.2 Å². The lowest BCUT2D eigenvalue weighted by Crippen LogP contribution is -2.47. The minimum atomic E-state index is -0.989. The summed E-state index contributed by atoms with van der Waals surface area (Å²) in [5.74, 6) is 0.534. The van der Waals surface area contributed by atoms with E-state index < -0.39 is 6.04 Å². The number of para-hydroxylation sites is 1. The Kier molecular flexibility index (Phi) is 8.24. The molecule has 0 unspecified atom stereocenters. The number of aromatic amines is 1. The van der Waals surface area contributed by atoms with Gasteiger partial charge >= 0.3 is 0 Å². The quantitative estimate of drug-likeness (QED) is 0.254. The van der Waals surface area contributed by atoms with Crippen molar-refractivity contribution in [2.75, 3.05) is 19.1 Å². The van der Waals surface area contributed by atoms with E-state index in [1.165, 1.54) is 17.0 Å². The van der Waals surface area contributed by atoms with Gasteiger partial charge in [-0.05, 0) is 42.2 Å². The number of aromatic nitrogens is 1. The van der Waals surface area contributed by atoms with Gasteiger partial charge in [0.15, 0.2) is 0 Å². The van der Waals surface area contributed by atoms with Crippen LogP contribution in [0.15, 0.2) is 72.9 Å². The van der Waals surface area contributed by atoms with E-state index in [1.54, 1.807) is 44.6 Å². The molecule has 4 aromatic rings. The van der Waals surface area contributed by atoms with Crippen molar-refractivity contribution in [3.8, 4) is 17.2 Å². The minimum absolute atomic E-state index is 0.0475. The minimum Gasteiger partial charge on any atom is -0.508 e. The van der Waals surface area contributed by atoms with Crippen LogP contribution in [0.3, 0.4) is 0 Å². The van der Waals surface area contributed by atoms with E-state index in [4.69, 9.17) is 9.47 Å². The summed E-state index contributed by atoms with van der Waals surface area (Å²) >= 11 is 0. The van der Waals surface area contributed by atoms with Crippen molar-refractivity contribution in [3.05, 3.63) is 84.1 Å². The van der Waals surface area contributed by atoms with Gasteiger partial charge in [0.2, 0.25) is 11.8 Å². The van der Waals surface area contributed by atoms with E-state index in [1.807, 2.05) is 30.5 Å². The Morgan fingerprint density at radius 3 is 2.33 bits per heavy atom. The Balaban J connectivity index is 1.61. The van der Waals surface area contributed by atoms with E-state index in [0.717, 1.165) is 48.6 Å². The van der Waals surface area contributed by atoms with E-state index in [0.29, 0.717) is 22.7 Å². The number of H-pyrrole nitrogens is 1. The number of methoxy groups -OCH3 is 2. The Morgan fingerprint density at radius 2 is 1.65 bits per heavy atom. The van der Waals surface area contributed by atoms with Gasteiger partial charge in [-0.2, -0.15) is 0 Å². The van der Waals surface area contributed by atoms with Crippen molar-refractivity contribution in [2.24, 2.45) is 0 Å². The van der Waals surface area contributed by atoms with Gasteiger partial charge in [0.1, 0.15) is 23.3 Å². The number of anilines is 1. The zero-order chi connectivity index (χ0) is 28.1. The first-order valence-corrected chi connectivity index (χ1v) is 13.7. The maximum absolute atomic E-state index is 14.3. The van der Waals surface area contributed by atoms with Crippen LogP contribution in [0.1, 0.15) is 49.3 Å². The summed E-state index contributed by atoms with van der Waals surface area (Å²) in [4.78, 5) is 33.2. The smallest absolute Gasteiger partial charge is 0.248 e. The van der Waals surface area contributed by atoms with Crippen molar-refractivity contribution in [2.45, 2.75) is 50.6 Å². The fraction of sp³-hybridized carbons (Fsp3) is 0.312. The molecule has 1 atom stereocenters. The first-order valence-electron chi connectivity index (χ1n) is 13.7. The third kappa shape index (κ3) is 5.91. The lowest BCUT2D eigenvalue weighted by molar-refractivity contribution is -0.127. The molecule has 0 bridgehead atoms. The molecule has 5 rings (SSSR count). The Hall–Kier alpha value is -4.46. The van der Waals surface area contributed by atoms with Crippen LogP contribution >= 0.6 is 0 Å². The maximum Gasteiger partial charge on any atom is 0.248 e. The highest BCUT2D eigenvalue weighted by Crippen LogP contribution is 2.36. The second kappa shape index (κ2) is 12.2. The average Bonchev–Trinajstić information content (AvgIpc) is 3.39. The van der Waals surface area contributed by atoms with Crippen molar-refractivity contribution in [1.82, 2.24) is 10.3 Å². The zero-order valence-corrected chi connectivity index (χ0v) is 22.9. The number of amides is 2. The number of nitrogens with zero attached hydrogens (tertiary/aromatic N) is 1. The number of rotatable bonds is 9. The molecule has 8 nitrogen and oxygen atoms in total. The number of aromatic hydroxyl groups is 1. The van der Waals surface area contributed by atoms with Crippen molar-refractivity contribution < 1.29 is 24.2 Å². The molecule has 0 radical (unpaired) electrons. The average molecular weight is 542 g/mol. The molecule has 1 aliphatic carbocycles. The molecule has 3 N–H and O–H groups in total. The number of benzene rings is 3. The predicted molar refractivity (Wildman–Crippen MR) is 155 cm³/mol. The summed E-state index contributed by atoms with van der Waals surface area (Å²) in [6, 6.07) is 18.5. The number of phenolic OH excluding ortho intramolecular Hbond substituents is 1. The number of carbonyl (C=O) groups excluding carboxylic acids is 2. The summed E-state index contributed by atoms with van der Waals surface area (Å²) in [6.07, 6.45) is 7.00. The lowest BCUT2D eigenvalue weighted by Gasteiger charge is -2.34. The molecule has 1 saturated carbocycles. The van der Waals surface area contributed by atoms with Gasteiger partial charge in [-0.3, -0.25) is 14.5 Å². The number of hydrogen-bond acceptors (Lipinski definition) is 5. The molecule has 0 saturated heterocycles. The number of phenols is 1. The van der Waals surface area contributed by atoms with E-state index in [-0.39, 0.29) is 30.0 Å². The van der Waals surface area contributed by atoms with Gasteiger partial charge in [-0.1, -0.05) is 49.6 Å². The lowest BCUT2D eigenvalue weighted by atomic mass is 9.94. The first-order chi connectivity index (χ1) is 19.5. The van der Waals surface area contributed by atoms with E-state index in [9.17, 15) is 14.7 Å². The summed E-state index contributed by atoms with van der Waals surface area (Å²) in [7, 11) is 3.09. The normalized spacial score (nSPS) is 14.4. The highest BCUT2D eigenvalue weighted by atomic mass is 16.5. The van der Waals surface area contributed by atoms with Gasteiger partial charge in [0.25, 0.3) is 0 Å². The van der Waals surface area contributed by atoms with Crippen LogP contribution in [0.4, 0.5) is 5.69 Å². The van der Waals surface area contributed by atoms with E-state index >= 15 is 0 Å². The highest BCUT2D eigenvalue weighted by Gasteiger charge is 2.35. The molecule has 0 spiro atoms. The fourth-order valence-corrected chi connectivity index (χ4v) is 5.50. The number of hydrogen-bond donors (Lipinski definition) is 3. The molecule has 1 fully saturated rings. The largest absolute Gasteiger partial charge is 0.508 e.